The molecule has 9 heteroatoms. The van der Waals surface area contributed by atoms with E-state index in [4.69, 9.17) is 14.5 Å². The van der Waals surface area contributed by atoms with Crippen LogP contribution in [0.4, 0.5) is 0 Å². The molecular weight excluding hydrogens is 406 g/mol. The predicted octanol–water partition coefficient (Wildman–Crippen LogP) is 1.52. The van der Waals surface area contributed by atoms with Crippen molar-refractivity contribution in [1.29, 1.82) is 0 Å². The highest BCUT2D eigenvalue weighted by molar-refractivity contribution is 5.79. The van der Waals surface area contributed by atoms with Gasteiger partial charge in [0.05, 0.1) is 19.8 Å². The van der Waals surface area contributed by atoms with Gasteiger partial charge in [-0.15, -0.1) is 10.2 Å². The second-order valence-corrected chi connectivity index (χ2v) is 7.88. The minimum absolute atomic E-state index is 0.482. The minimum atomic E-state index is 0.482. The van der Waals surface area contributed by atoms with Gasteiger partial charge in [0, 0.05) is 33.2 Å². The number of guanidine groups is 1. The summed E-state index contributed by atoms with van der Waals surface area (Å²) in [5.74, 6) is 3.45. The van der Waals surface area contributed by atoms with E-state index < -0.39 is 0 Å². The molecule has 0 radical (unpaired) electrons. The summed E-state index contributed by atoms with van der Waals surface area (Å²) >= 11 is 0. The van der Waals surface area contributed by atoms with Crippen molar-refractivity contribution in [1.82, 2.24) is 30.3 Å². The van der Waals surface area contributed by atoms with Gasteiger partial charge in [-0.1, -0.05) is 12.1 Å². The molecule has 1 fully saturated rings. The Labute approximate surface area is 191 Å². The second-order valence-electron chi connectivity index (χ2n) is 7.88. The highest BCUT2D eigenvalue weighted by Gasteiger charge is 2.10. The van der Waals surface area contributed by atoms with Crippen molar-refractivity contribution in [3.8, 4) is 5.75 Å². The van der Waals surface area contributed by atoms with Crippen LogP contribution in [0.3, 0.4) is 0 Å². The van der Waals surface area contributed by atoms with Crippen LogP contribution in [0.1, 0.15) is 30.6 Å². The predicted molar refractivity (Wildman–Crippen MR) is 126 cm³/mol. The van der Waals surface area contributed by atoms with Gasteiger partial charge in [-0.25, -0.2) is 4.99 Å². The van der Waals surface area contributed by atoms with Crippen molar-refractivity contribution in [3.05, 3.63) is 41.5 Å². The molecule has 0 aliphatic carbocycles. The van der Waals surface area contributed by atoms with Gasteiger partial charge in [0.25, 0.3) is 0 Å². The van der Waals surface area contributed by atoms with Crippen molar-refractivity contribution >= 4 is 5.96 Å². The SMILES string of the molecule is CCOc1cccc(CCNC(=NCc2nnc(C)n2C)NCCCN2CCOCC2)c1. The first-order valence-electron chi connectivity index (χ1n) is 11.5. The van der Waals surface area contributed by atoms with Crippen LogP contribution in [0.2, 0.25) is 0 Å². The van der Waals surface area contributed by atoms with Gasteiger partial charge in [-0.2, -0.15) is 0 Å². The zero-order valence-electron chi connectivity index (χ0n) is 19.6. The van der Waals surface area contributed by atoms with Crippen molar-refractivity contribution in [3.63, 3.8) is 0 Å². The quantitative estimate of drug-likeness (QED) is 0.309. The van der Waals surface area contributed by atoms with E-state index in [1.165, 1.54) is 5.56 Å². The molecule has 2 aromatic rings. The van der Waals surface area contributed by atoms with Gasteiger partial charge in [-0.3, -0.25) is 4.90 Å². The van der Waals surface area contributed by atoms with Gasteiger partial charge in [-0.05, 0) is 50.9 Å². The molecule has 9 nitrogen and oxygen atoms in total. The molecule has 2 heterocycles. The Bertz CT molecular complexity index is 847. The molecule has 2 N–H and O–H groups in total. The lowest BCUT2D eigenvalue weighted by Gasteiger charge is -2.26. The minimum Gasteiger partial charge on any atom is -0.494 e. The zero-order chi connectivity index (χ0) is 22.6. The largest absolute Gasteiger partial charge is 0.494 e. The third-order valence-corrected chi connectivity index (χ3v) is 5.52. The smallest absolute Gasteiger partial charge is 0.191 e. The van der Waals surface area contributed by atoms with Crippen LogP contribution in [0.25, 0.3) is 0 Å². The fraction of sp³-hybridized carbons (Fsp3) is 0.609. The lowest BCUT2D eigenvalue weighted by Crippen LogP contribution is -2.41. The molecule has 0 bridgehead atoms. The Hall–Kier alpha value is -2.65. The third-order valence-electron chi connectivity index (χ3n) is 5.52. The van der Waals surface area contributed by atoms with E-state index in [0.717, 1.165) is 82.1 Å². The Morgan fingerprint density at radius 3 is 2.75 bits per heavy atom. The maximum Gasteiger partial charge on any atom is 0.191 e. The topological polar surface area (TPSA) is 88.8 Å². The van der Waals surface area contributed by atoms with Gasteiger partial charge < -0.3 is 24.7 Å². The van der Waals surface area contributed by atoms with Crippen LogP contribution in [-0.4, -0.2) is 78.2 Å². The number of hydrogen-bond donors (Lipinski definition) is 2. The first-order valence-corrected chi connectivity index (χ1v) is 11.5. The molecule has 176 valence electrons. The van der Waals surface area contributed by atoms with Crippen molar-refractivity contribution in [2.24, 2.45) is 12.0 Å². The highest BCUT2D eigenvalue weighted by Crippen LogP contribution is 2.13. The Morgan fingerprint density at radius 1 is 1.19 bits per heavy atom. The molecule has 1 saturated heterocycles. The Balaban J connectivity index is 1.51. The van der Waals surface area contributed by atoms with Gasteiger partial charge in [0.2, 0.25) is 0 Å². The lowest BCUT2D eigenvalue weighted by molar-refractivity contribution is 0.0376. The normalized spacial score (nSPS) is 15.0. The molecule has 1 aromatic carbocycles. The maximum atomic E-state index is 5.61. The van der Waals surface area contributed by atoms with E-state index in [1.54, 1.807) is 0 Å². The zero-order valence-corrected chi connectivity index (χ0v) is 19.6. The Morgan fingerprint density at radius 2 is 2.00 bits per heavy atom. The van der Waals surface area contributed by atoms with Crippen LogP contribution >= 0.6 is 0 Å². The van der Waals surface area contributed by atoms with Crippen molar-refractivity contribution in [2.45, 2.75) is 33.2 Å². The molecule has 0 atom stereocenters. The summed E-state index contributed by atoms with van der Waals surface area (Å²) in [6.07, 6.45) is 1.94. The Kier molecular flexibility index (Phi) is 9.77. The number of nitrogens with zero attached hydrogens (tertiary/aromatic N) is 5. The molecule has 3 rings (SSSR count). The fourth-order valence-corrected chi connectivity index (χ4v) is 3.53. The summed E-state index contributed by atoms with van der Waals surface area (Å²) in [7, 11) is 1.97. The number of aliphatic imine (C=N–C) groups is 1. The third kappa shape index (κ3) is 7.80. The number of ether oxygens (including phenoxy) is 2. The monoisotopic (exact) mass is 443 g/mol. The number of nitrogens with one attached hydrogen (secondary N) is 2. The van der Waals surface area contributed by atoms with E-state index >= 15 is 0 Å². The van der Waals surface area contributed by atoms with Crippen LogP contribution < -0.4 is 15.4 Å². The summed E-state index contributed by atoms with van der Waals surface area (Å²) in [6.45, 7) is 11.5. The molecule has 32 heavy (non-hydrogen) atoms. The summed E-state index contributed by atoms with van der Waals surface area (Å²) in [4.78, 5) is 7.19. The number of benzene rings is 1. The second kappa shape index (κ2) is 13.0. The van der Waals surface area contributed by atoms with Crippen molar-refractivity contribution in [2.75, 3.05) is 52.5 Å². The van der Waals surface area contributed by atoms with E-state index in [9.17, 15) is 0 Å². The first-order chi connectivity index (χ1) is 15.7. The van der Waals surface area contributed by atoms with Gasteiger partial charge >= 0.3 is 0 Å². The highest BCUT2D eigenvalue weighted by atomic mass is 16.5. The summed E-state index contributed by atoms with van der Waals surface area (Å²) in [6, 6.07) is 8.25. The molecule has 1 aromatic heterocycles. The van der Waals surface area contributed by atoms with E-state index in [2.05, 4.69) is 37.9 Å². The van der Waals surface area contributed by atoms with Crippen LogP contribution in [0.5, 0.6) is 5.75 Å². The van der Waals surface area contributed by atoms with Crippen LogP contribution in [0.15, 0.2) is 29.3 Å². The number of aryl methyl sites for hydroxylation is 1. The average molecular weight is 444 g/mol. The maximum absolute atomic E-state index is 5.61. The average Bonchev–Trinajstić information content (AvgIpc) is 3.13. The van der Waals surface area contributed by atoms with Gasteiger partial charge in [0.1, 0.15) is 18.1 Å². The molecule has 0 spiro atoms. The molecule has 1 aliphatic heterocycles. The number of rotatable bonds is 11. The van der Waals surface area contributed by atoms with Gasteiger partial charge in [0.15, 0.2) is 11.8 Å². The molecule has 1 aliphatic rings. The fourth-order valence-electron chi connectivity index (χ4n) is 3.53. The molecule has 0 unspecified atom stereocenters. The molecule has 0 saturated carbocycles. The summed E-state index contributed by atoms with van der Waals surface area (Å²) < 4.78 is 13.0. The van der Waals surface area contributed by atoms with Crippen LogP contribution in [0, 0.1) is 6.92 Å². The summed E-state index contributed by atoms with van der Waals surface area (Å²) in [5, 5.41) is 15.3. The molecular formula is C23H37N7O2. The van der Waals surface area contributed by atoms with E-state index in [-0.39, 0.29) is 0 Å². The number of hydrogen-bond acceptors (Lipinski definition) is 6. The number of morpholine rings is 1. The van der Waals surface area contributed by atoms with Crippen LogP contribution in [-0.2, 0) is 24.8 Å². The van der Waals surface area contributed by atoms with Crippen molar-refractivity contribution < 1.29 is 9.47 Å². The first kappa shape index (κ1) is 24.0. The lowest BCUT2D eigenvalue weighted by atomic mass is 10.1. The standard InChI is InChI=1S/C23H37N7O2/c1-4-32-21-8-5-7-20(17-21)9-11-25-23(26-18-22-28-27-19(2)29(22)3)24-10-6-12-30-13-15-31-16-14-30/h5,7-8,17H,4,6,9-16,18H2,1-3H3,(H2,24,25,26). The summed E-state index contributed by atoms with van der Waals surface area (Å²) in [5.41, 5.74) is 1.24. The van der Waals surface area contributed by atoms with E-state index in [1.807, 2.05) is 37.6 Å². The molecule has 0 amide bonds. The number of aromatic nitrogens is 3. The van der Waals surface area contributed by atoms with E-state index in [0.29, 0.717) is 13.2 Å².